The normalized spacial score (nSPS) is 10.6. The highest BCUT2D eigenvalue weighted by Gasteiger charge is 2.21. The van der Waals surface area contributed by atoms with Crippen LogP contribution in [0.3, 0.4) is 0 Å². The fourth-order valence-electron chi connectivity index (χ4n) is 2.16. The van der Waals surface area contributed by atoms with Crippen LogP contribution in [-0.2, 0) is 0 Å². The van der Waals surface area contributed by atoms with E-state index in [1.807, 2.05) is 19.1 Å². The number of ether oxygens (including phenoxy) is 1. The number of halogens is 2. The van der Waals surface area contributed by atoms with Crippen LogP contribution in [0.4, 0.5) is 0 Å². The van der Waals surface area contributed by atoms with Gasteiger partial charge in [0.15, 0.2) is 5.82 Å². The Bertz CT molecular complexity index is 878. The zero-order valence-corrected chi connectivity index (χ0v) is 15.1. The molecule has 0 aliphatic rings. The van der Waals surface area contributed by atoms with Gasteiger partial charge in [-0.25, -0.2) is 0 Å². The Hall–Kier alpha value is -2.18. The van der Waals surface area contributed by atoms with E-state index in [-0.39, 0.29) is 11.9 Å². The second-order valence-corrected chi connectivity index (χ2v) is 6.18. The average molecular weight is 407 g/mol. The molecule has 3 aromatic rings. The summed E-state index contributed by atoms with van der Waals surface area (Å²) in [5, 5.41) is 4.66. The number of carbonyl (C=O) groups excluding carboxylic acids is 1. The summed E-state index contributed by atoms with van der Waals surface area (Å²) in [5.41, 5.74) is 1.10. The van der Waals surface area contributed by atoms with Crippen LogP contribution in [0.5, 0.6) is 6.01 Å². The van der Waals surface area contributed by atoms with Crippen molar-refractivity contribution in [2.24, 2.45) is 0 Å². The molecule has 0 saturated heterocycles. The molecule has 2 aromatic carbocycles. The van der Waals surface area contributed by atoms with Crippen molar-refractivity contribution in [1.29, 1.82) is 0 Å². The third-order valence-electron chi connectivity index (χ3n) is 3.26. The van der Waals surface area contributed by atoms with Crippen molar-refractivity contribution in [2.75, 3.05) is 6.61 Å². The number of nitrogens with zero attached hydrogens (tertiary/aromatic N) is 3. The molecule has 3 rings (SSSR count). The van der Waals surface area contributed by atoms with E-state index in [1.165, 1.54) is 4.68 Å². The molecular weight excluding hydrogens is 394 g/mol. The average Bonchev–Trinajstić information content (AvgIpc) is 2.99. The van der Waals surface area contributed by atoms with Gasteiger partial charge in [0.2, 0.25) is 0 Å². The van der Waals surface area contributed by atoms with Crippen LogP contribution >= 0.6 is 27.5 Å². The molecule has 0 aliphatic heterocycles. The first-order chi connectivity index (χ1) is 11.6. The highest BCUT2D eigenvalue weighted by Crippen LogP contribution is 2.28. The molecule has 0 amide bonds. The third kappa shape index (κ3) is 3.34. The fraction of sp³-hybridized carbons (Fsp3) is 0.118. The minimum absolute atomic E-state index is 0.137. The van der Waals surface area contributed by atoms with Gasteiger partial charge < -0.3 is 4.74 Å². The van der Waals surface area contributed by atoms with E-state index in [0.717, 1.165) is 4.47 Å². The maximum atomic E-state index is 12.8. The molecule has 0 N–H and O–H groups in total. The van der Waals surface area contributed by atoms with Crippen molar-refractivity contribution in [3.05, 3.63) is 63.6 Å². The molecule has 122 valence electrons. The van der Waals surface area contributed by atoms with Gasteiger partial charge in [-0.15, -0.1) is 5.10 Å². The maximum absolute atomic E-state index is 12.8. The first-order valence-electron chi connectivity index (χ1n) is 7.25. The number of carbonyl (C=O) groups is 1. The Labute approximate surface area is 152 Å². The van der Waals surface area contributed by atoms with Crippen LogP contribution in [-0.4, -0.2) is 27.3 Å². The van der Waals surface area contributed by atoms with Crippen molar-refractivity contribution in [1.82, 2.24) is 14.8 Å². The molecular formula is C17H13BrClN3O2. The van der Waals surface area contributed by atoms with Gasteiger partial charge in [-0.05, 0) is 43.3 Å². The lowest BCUT2D eigenvalue weighted by molar-refractivity contribution is 0.0945. The van der Waals surface area contributed by atoms with Crippen molar-refractivity contribution in [2.45, 2.75) is 6.92 Å². The number of hydrogen-bond acceptors (Lipinski definition) is 4. The Kier molecular flexibility index (Phi) is 4.97. The van der Waals surface area contributed by atoms with Crippen molar-refractivity contribution in [3.8, 4) is 17.4 Å². The van der Waals surface area contributed by atoms with Gasteiger partial charge in [-0.2, -0.15) is 9.67 Å². The summed E-state index contributed by atoms with van der Waals surface area (Å²) < 4.78 is 7.45. The van der Waals surface area contributed by atoms with E-state index in [2.05, 4.69) is 26.0 Å². The molecule has 7 heteroatoms. The number of rotatable bonds is 4. The molecule has 0 bridgehead atoms. The van der Waals surface area contributed by atoms with Crippen LogP contribution in [0.25, 0.3) is 11.4 Å². The van der Waals surface area contributed by atoms with E-state index in [4.69, 9.17) is 16.3 Å². The predicted molar refractivity (Wildman–Crippen MR) is 95.5 cm³/mol. The Balaban J connectivity index is 2.10. The van der Waals surface area contributed by atoms with Crippen molar-refractivity contribution < 1.29 is 9.53 Å². The topological polar surface area (TPSA) is 57.0 Å². The van der Waals surface area contributed by atoms with Crippen LogP contribution in [0.1, 0.15) is 17.3 Å². The van der Waals surface area contributed by atoms with Gasteiger partial charge in [-0.1, -0.05) is 39.7 Å². The molecule has 0 aliphatic carbocycles. The van der Waals surface area contributed by atoms with E-state index >= 15 is 0 Å². The van der Waals surface area contributed by atoms with Gasteiger partial charge in [0, 0.05) is 15.6 Å². The van der Waals surface area contributed by atoms with Crippen LogP contribution in [0, 0.1) is 0 Å². The lowest BCUT2D eigenvalue weighted by atomic mass is 10.2. The van der Waals surface area contributed by atoms with Gasteiger partial charge in [-0.3, -0.25) is 4.79 Å². The highest BCUT2D eigenvalue weighted by atomic mass is 79.9. The van der Waals surface area contributed by atoms with Gasteiger partial charge >= 0.3 is 6.01 Å². The second kappa shape index (κ2) is 7.15. The SMILES string of the molecule is CCOc1nc(-c2ccccc2Cl)n(C(=O)c2ccc(Br)cc2)n1. The van der Waals surface area contributed by atoms with Gasteiger partial charge in [0.05, 0.1) is 11.6 Å². The smallest absolute Gasteiger partial charge is 0.336 e. The molecule has 5 nitrogen and oxygen atoms in total. The molecule has 0 saturated carbocycles. The van der Waals surface area contributed by atoms with Crippen molar-refractivity contribution in [3.63, 3.8) is 0 Å². The first kappa shape index (κ1) is 16.7. The molecule has 1 aromatic heterocycles. The number of hydrogen-bond donors (Lipinski definition) is 0. The monoisotopic (exact) mass is 405 g/mol. The largest absolute Gasteiger partial charge is 0.463 e. The molecule has 0 spiro atoms. The summed E-state index contributed by atoms with van der Waals surface area (Å²) >= 11 is 9.60. The van der Waals surface area contributed by atoms with Crippen molar-refractivity contribution >= 4 is 33.4 Å². The van der Waals surface area contributed by atoms with E-state index in [0.29, 0.717) is 28.6 Å². The Morgan fingerprint density at radius 3 is 2.58 bits per heavy atom. The van der Waals surface area contributed by atoms with E-state index < -0.39 is 0 Å². The van der Waals surface area contributed by atoms with E-state index in [1.54, 1.807) is 36.4 Å². The molecule has 0 atom stereocenters. The van der Waals surface area contributed by atoms with Crippen LogP contribution < -0.4 is 4.74 Å². The van der Waals surface area contributed by atoms with Gasteiger partial charge in [0.25, 0.3) is 5.91 Å². The fourth-order valence-corrected chi connectivity index (χ4v) is 2.64. The summed E-state index contributed by atoms with van der Waals surface area (Å²) in [4.78, 5) is 17.1. The lowest BCUT2D eigenvalue weighted by Crippen LogP contribution is -2.15. The summed E-state index contributed by atoms with van der Waals surface area (Å²) in [6, 6.07) is 14.3. The molecule has 0 radical (unpaired) electrons. The highest BCUT2D eigenvalue weighted by molar-refractivity contribution is 9.10. The first-order valence-corrected chi connectivity index (χ1v) is 8.42. The number of aromatic nitrogens is 3. The summed E-state index contributed by atoms with van der Waals surface area (Å²) in [7, 11) is 0. The Morgan fingerprint density at radius 2 is 1.92 bits per heavy atom. The zero-order valence-electron chi connectivity index (χ0n) is 12.7. The molecule has 1 heterocycles. The quantitative estimate of drug-likeness (QED) is 0.642. The Morgan fingerprint density at radius 1 is 1.21 bits per heavy atom. The summed E-state index contributed by atoms with van der Waals surface area (Å²) in [6.07, 6.45) is 0. The molecule has 0 fully saturated rings. The summed E-state index contributed by atoms with van der Waals surface area (Å²) in [5.74, 6) is 0.0350. The van der Waals surface area contributed by atoms with Crippen LogP contribution in [0.15, 0.2) is 53.0 Å². The number of benzene rings is 2. The second-order valence-electron chi connectivity index (χ2n) is 4.85. The van der Waals surface area contributed by atoms with Gasteiger partial charge in [0.1, 0.15) is 0 Å². The predicted octanol–water partition coefficient (Wildman–Crippen LogP) is 4.45. The standard InChI is InChI=1S/C17H13BrClN3O2/c1-2-24-17-20-15(13-5-3-4-6-14(13)19)22(21-17)16(23)11-7-9-12(18)10-8-11/h3-10H,2H2,1H3. The molecule has 24 heavy (non-hydrogen) atoms. The van der Waals surface area contributed by atoms with E-state index in [9.17, 15) is 4.79 Å². The third-order valence-corrected chi connectivity index (χ3v) is 4.12. The lowest BCUT2D eigenvalue weighted by Gasteiger charge is -2.06. The zero-order chi connectivity index (χ0) is 17.1. The minimum Gasteiger partial charge on any atom is -0.463 e. The molecule has 0 unspecified atom stereocenters. The maximum Gasteiger partial charge on any atom is 0.336 e. The minimum atomic E-state index is -0.309. The van der Waals surface area contributed by atoms with Crippen LogP contribution in [0.2, 0.25) is 5.02 Å². The summed E-state index contributed by atoms with van der Waals surface area (Å²) in [6.45, 7) is 2.23.